The predicted octanol–water partition coefficient (Wildman–Crippen LogP) is 1.69. The van der Waals surface area contributed by atoms with Gasteiger partial charge in [0.05, 0.1) is 13.0 Å². The second-order valence-electron chi connectivity index (χ2n) is 3.36. The van der Waals surface area contributed by atoms with Gasteiger partial charge in [-0.1, -0.05) is 6.07 Å². The lowest BCUT2D eigenvalue weighted by atomic mass is 10.0. The highest BCUT2D eigenvalue weighted by Gasteiger charge is 2.19. The Morgan fingerprint density at radius 3 is 2.87 bits per heavy atom. The smallest absolute Gasteiger partial charge is 0.312 e. The highest BCUT2D eigenvalue weighted by atomic mass is 16.7. The molecule has 0 spiro atoms. The zero-order chi connectivity index (χ0) is 10.8. The minimum Gasteiger partial charge on any atom is -0.469 e. The fourth-order valence-electron chi connectivity index (χ4n) is 1.50. The van der Waals surface area contributed by atoms with Gasteiger partial charge in [-0.05, 0) is 24.6 Å². The normalized spacial score (nSPS) is 14.8. The molecule has 1 aromatic rings. The number of carbonyl (C=O) groups excluding carboxylic acids is 1. The third-order valence-corrected chi connectivity index (χ3v) is 2.45. The van der Waals surface area contributed by atoms with Crippen LogP contribution in [0.3, 0.4) is 0 Å². The van der Waals surface area contributed by atoms with Gasteiger partial charge in [-0.25, -0.2) is 0 Å². The molecule has 1 aliphatic heterocycles. The van der Waals surface area contributed by atoms with Crippen LogP contribution in [0.4, 0.5) is 0 Å². The molecule has 0 aliphatic carbocycles. The van der Waals surface area contributed by atoms with Gasteiger partial charge in [0.1, 0.15) is 0 Å². The Bertz CT molecular complexity index is 386. The van der Waals surface area contributed by atoms with Gasteiger partial charge < -0.3 is 14.2 Å². The first-order valence-corrected chi connectivity index (χ1v) is 4.69. The van der Waals surface area contributed by atoms with E-state index in [9.17, 15) is 4.79 Å². The maximum atomic E-state index is 11.3. The third kappa shape index (κ3) is 1.75. The number of hydrogen-bond acceptors (Lipinski definition) is 4. The van der Waals surface area contributed by atoms with E-state index in [1.807, 2.05) is 12.1 Å². The summed E-state index contributed by atoms with van der Waals surface area (Å²) in [6.45, 7) is 2.04. The highest BCUT2D eigenvalue weighted by molar-refractivity contribution is 5.77. The average molecular weight is 208 g/mol. The molecule has 0 N–H and O–H groups in total. The standard InChI is InChI=1S/C11H12O4/c1-7(11(12)13-2)8-3-4-9-10(5-8)15-6-14-9/h3-5,7H,6H2,1-2H3/t7-/m1/s1. The maximum absolute atomic E-state index is 11.3. The number of benzene rings is 1. The highest BCUT2D eigenvalue weighted by Crippen LogP contribution is 2.34. The molecule has 0 unspecified atom stereocenters. The van der Waals surface area contributed by atoms with Crippen molar-refractivity contribution in [3.63, 3.8) is 0 Å². The number of fused-ring (bicyclic) bond motifs is 1. The van der Waals surface area contributed by atoms with Gasteiger partial charge in [0.25, 0.3) is 0 Å². The van der Waals surface area contributed by atoms with E-state index in [1.165, 1.54) is 7.11 Å². The Morgan fingerprint density at radius 1 is 1.40 bits per heavy atom. The molecule has 0 bridgehead atoms. The van der Waals surface area contributed by atoms with Crippen LogP contribution in [0.2, 0.25) is 0 Å². The van der Waals surface area contributed by atoms with Crippen molar-refractivity contribution in [2.24, 2.45) is 0 Å². The van der Waals surface area contributed by atoms with Gasteiger partial charge >= 0.3 is 5.97 Å². The largest absolute Gasteiger partial charge is 0.469 e. The quantitative estimate of drug-likeness (QED) is 0.694. The summed E-state index contributed by atoms with van der Waals surface area (Å²) in [4.78, 5) is 11.3. The van der Waals surface area contributed by atoms with Crippen molar-refractivity contribution in [2.45, 2.75) is 12.8 Å². The van der Waals surface area contributed by atoms with Crippen molar-refractivity contribution in [2.75, 3.05) is 13.9 Å². The lowest BCUT2D eigenvalue weighted by Gasteiger charge is -2.09. The predicted molar refractivity (Wildman–Crippen MR) is 53.0 cm³/mol. The monoisotopic (exact) mass is 208 g/mol. The molecule has 1 atom stereocenters. The van der Waals surface area contributed by atoms with E-state index >= 15 is 0 Å². The van der Waals surface area contributed by atoms with Gasteiger partial charge in [0.15, 0.2) is 11.5 Å². The summed E-state index contributed by atoms with van der Waals surface area (Å²) < 4.78 is 15.1. The van der Waals surface area contributed by atoms with E-state index in [0.717, 1.165) is 11.3 Å². The summed E-state index contributed by atoms with van der Waals surface area (Å²) >= 11 is 0. The summed E-state index contributed by atoms with van der Waals surface area (Å²) in [5.74, 6) is 0.859. The van der Waals surface area contributed by atoms with E-state index in [4.69, 9.17) is 9.47 Å². The summed E-state index contributed by atoms with van der Waals surface area (Å²) in [5.41, 5.74) is 0.867. The van der Waals surface area contributed by atoms with Crippen LogP contribution in [0.1, 0.15) is 18.4 Å². The van der Waals surface area contributed by atoms with Crippen molar-refractivity contribution in [3.05, 3.63) is 23.8 Å². The van der Waals surface area contributed by atoms with Crippen LogP contribution in [0.25, 0.3) is 0 Å². The Balaban J connectivity index is 2.26. The maximum Gasteiger partial charge on any atom is 0.312 e. The molecule has 0 fully saturated rings. The molecule has 0 radical (unpaired) electrons. The van der Waals surface area contributed by atoms with E-state index in [-0.39, 0.29) is 18.7 Å². The number of methoxy groups -OCH3 is 1. The van der Waals surface area contributed by atoms with Crippen molar-refractivity contribution in [1.82, 2.24) is 0 Å². The molecule has 15 heavy (non-hydrogen) atoms. The number of ether oxygens (including phenoxy) is 3. The third-order valence-electron chi connectivity index (χ3n) is 2.45. The molecule has 4 heteroatoms. The van der Waals surface area contributed by atoms with Gasteiger partial charge in [0.2, 0.25) is 6.79 Å². The molecule has 4 nitrogen and oxygen atoms in total. The van der Waals surface area contributed by atoms with Crippen LogP contribution >= 0.6 is 0 Å². The molecule has 80 valence electrons. The van der Waals surface area contributed by atoms with Crippen LogP contribution in [0.15, 0.2) is 18.2 Å². The lowest BCUT2D eigenvalue weighted by molar-refractivity contribution is -0.141. The van der Waals surface area contributed by atoms with Crippen molar-refractivity contribution >= 4 is 5.97 Å². The fourth-order valence-corrected chi connectivity index (χ4v) is 1.50. The number of rotatable bonds is 2. The molecule has 1 heterocycles. The van der Waals surface area contributed by atoms with E-state index < -0.39 is 0 Å². The zero-order valence-electron chi connectivity index (χ0n) is 8.65. The minimum absolute atomic E-state index is 0.241. The molecule has 1 aliphatic rings. The van der Waals surface area contributed by atoms with Crippen molar-refractivity contribution in [3.8, 4) is 11.5 Å². The first-order valence-electron chi connectivity index (χ1n) is 4.69. The Labute approximate surface area is 87.8 Å². The van der Waals surface area contributed by atoms with Crippen LogP contribution in [0, 0.1) is 0 Å². The van der Waals surface area contributed by atoms with Crippen molar-refractivity contribution in [1.29, 1.82) is 0 Å². The van der Waals surface area contributed by atoms with Gasteiger partial charge in [-0.3, -0.25) is 4.79 Å². The number of hydrogen-bond donors (Lipinski definition) is 0. The second-order valence-corrected chi connectivity index (χ2v) is 3.36. The summed E-state index contributed by atoms with van der Waals surface area (Å²) in [6.07, 6.45) is 0. The van der Waals surface area contributed by atoms with E-state index in [1.54, 1.807) is 13.0 Å². The Morgan fingerprint density at radius 2 is 2.13 bits per heavy atom. The van der Waals surface area contributed by atoms with Gasteiger partial charge in [0, 0.05) is 0 Å². The SMILES string of the molecule is COC(=O)[C@H](C)c1ccc2c(c1)OCO2. The van der Waals surface area contributed by atoms with Crippen LogP contribution in [-0.4, -0.2) is 19.9 Å². The summed E-state index contributed by atoms with van der Waals surface area (Å²) in [5, 5.41) is 0. The lowest BCUT2D eigenvalue weighted by Crippen LogP contribution is -2.10. The Hall–Kier alpha value is -1.71. The first-order chi connectivity index (χ1) is 7.22. The molecule has 1 aromatic carbocycles. The molecule has 0 amide bonds. The molecule has 0 aromatic heterocycles. The van der Waals surface area contributed by atoms with Crippen LogP contribution < -0.4 is 9.47 Å². The first kappa shape index (κ1) is 9.83. The fraction of sp³-hybridized carbons (Fsp3) is 0.364. The summed E-state index contributed by atoms with van der Waals surface area (Å²) in [7, 11) is 1.38. The summed E-state index contributed by atoms with van der Waals surface area (Å²) in [6, 6.07) is 5.45. The number of esters is 1. The molecule has 0 saturated carbocycles. The minimum atomic E-state index is -0.288. The zero-order valence-corrected chi connectivity index (χ0v) is 8.65. The molecule has 2 rings (SSSR count). The average Bonchev–Trinajstić information content (AvgIpc) is 2.73. The van der Waals surface area contributed by atoms with Crippen LogP contribution in [0.5, 0.6) is 11.5 Å². The topological polar surface area (TPSA) is 44.8 Å². The molecular formula is C11H12O4. The second kappa shape index (κ2) is 3.81. The Kier molecular flexibility index (Phi) is 2.49. The number of carbonyl (C=O) groups is 1. The van der Waals surface area contributed by atoms with Gasteiger partial charge in [-0.15, -0.1) is 0 Å². The van der Waals surface area contributed by atoms with E-state index in [0.29, 0.717) is 5.75 Å². The van der Waals surface area contributed by atoms with E-state index in [2.05, 4.69) is 4.74 Å². The molecule has 0 saturated heterocycles. The molecular weight excluding hydrogens is 196 g/mol. The van der Waals surface area contributed by atoms with Gasteiger partial charge in [-0.2, -0.15) is 0 Å². The van der Waals surface area contributed by atoms with Crippen molar-refractivity contribution < 1.29 is 19.0 Å². The van der Waals surface area contributed by atoms with Crippen LogP contribution in [-0.2, 0) is 9.53 Å².